The van der Waals surface area contributed by atoms with Gasteiger partial charge in [0.1, 0.15) is 11.5 Å². The molecule has 3 rings (SSSR count). The minimum Gasteiger partial charge on any atom is -0.454 e. The van der Waals surface area contributed by atoms with Crippen molar-refractivity contribution in [2.24, 2.45) is 0 Å². The maximum Gasteiger partial charge on any atom is 0.315 e. The number of nitrogens with two attached hydrogens (primary N) is 1. The number of carbonyl (C=O) groups excluding carboxylic acids is 1. The van der Waals surface area contributed by atoms with Crippen LogP contribution >= 0.6 is 23.2 Å². The Morgan fingerprint density at radius 3 is 2.55 bits per heavy atom. The number of esters is 1. The van der Waals surface area contributed by atoms with Crippen LogP contribution in [0.15, 0.2) is 30.3 Å². The summed E-state index contributed by atoms with van der Waals surface area (Å²) in [5.74, 6) is 1.01. The zero-order valence-electron chi connectivity index (χ0n) is 10.2. The van der Waals surface area contributed by atoms with E-state index in [4.69, 9.17) is 38.4 Å². The average Bonchev–Trinajstić information content (AvgIpc) is 2.73. The highest BCUT2D eigenvalue weighted by atomic mass is 35.5. The normalized spacial score (nSPS) is 13.0. The summed E-state index contributed by atoms with van der Waals surface area (Å²) in [7, 11) is 0. The summed E-state index contributed by atoms with van der Waals surface area (Å²) in [6, 6.07) is 8.23. The first kappa shape index (κ1) is 13.1. The fraction of sp³-hybridized carbons (Fsp3) is 0.0714. The van der Waals surface area contributed by atoms with Gasteiger partial charge in [-0.2, -0.15) is 0 Å². The summed E-state index contributed by atoms with van der Waals surface area (Å²) in [6.45, 7) is 0. The lowest BCUT2D eigenvalue weighted by Crippen LogP contribution is -2.00. The predicted octanol–water partition coefficient (Wildman–Crippen LogP) is 3.83. The van der Waals surface area contributed by atoms with Crippen molar-refractivity contribution in [2.45, 2.75) is 6.42 Å². The van der Waals surface area contributed by atoms with E-state index in [1.54, 1.807) is 30.3 Å². The molecular weight excluding hydrogens is 301 g/mol. The molecule has 0 amide bonds. The number of rotatable bonds is 2. The molecule has 2 aromatic rings. The molecule has 0 fully saturated rings. The molecule has 0 aromatic heterocycles. The third kappa shape index (κ3) is 2.40. The summed E-state index contributed by atoms with van der Waals surface area (Å²) in [5, 5.41) is 0.625. The SMILES string of the molecule is Nc1cc(Cl)c(Oc2ccc3c(c2)OC(=O)C3)c(Cl)c1. The standard InChI is InChI=1S/C14H9Cl2NO3/c15-10-4-8(17)5-11(16)14(10)19-9-2-1-7-3-13(18)20-12(7)6-9/h1-2,4-6H,3,17H2. The third-order valence-electron chi connectivity index (χ3n) is 2.84. The smallest absolute Gasteiger partial charge is 0.315 e. The van der Waals surface area contributed by atoms with E-state index >= 15 is 0 Å². The van der Waals surface area contributed by atoms with Crippen LogP contribution in [0.1, 0.15) is 5.56 Å². The number of nitrogen functional groups attached to an aromatic ring is 1. The Morgan fingerprint density at radius 2 is 1.85 bits per heavy atom. The van der Waals surface area contributed by atoms with Gasteiger partial charge in [0, 0.05) is 17.3 Å². The van der Waals surface area contributed by atoms with Crippen molar-refractivity contribution in [3.05, 3.63) is 45.9 Å². The highest BCUT2D eigenvalue weighted by Crippen LogP contribution is 2.39. The predicted molar refractivity (Wildman–Crippen MR) is 76.7 cm³/mol. The van der Waals surface area contributed by atoms with E-state index in [0.717, 1.165) is 5.56 Å². The Kier molecular flexibility index (Phi) is 3.20. The maximum absolute atomic E-state index is 11.2. The maximum atomic E-state index is 11.2. The van der Waals surface area contributed by atoms with Crippen molar-refractivity contribution in [1.29, 1.82) is 0 Å². The van der Waals surface area contributed by atoms with E-state index in [0.29, 0.717) is 33.0 Å². The Labute approximate surface area is 125 Å². The van der Waals surface area contributed by atoms with Gasteiger partial charge in [-0.25, -0.2) is 0 Å². The van der Waals surface area contributed by atoms with Crippen LogP contribution in [0.4, 0.5) is 5.69 Å². The quantitative estimate of drug-likeness (QED) is 0.520. The van der Waals surface area contributed by atoms with E-state index < -0.39 is 0 Å². The number of anilines is 1. The molecule has 2 N–H and O–H groups in total. The van der Waals surface area contributed by atoms with E-state index in [9.17, 15) is 4.79 Å². The number of halogens is 2. The second kappa shape index (κ2) is 4.89. The lowest BCUT2D eigenvalue weighted by atomic mass is 10.1. The van der Waals surface area contributed by atoms with Gasteiger partial charge in [0.05, 0.1) is 16.5 Å². The molecule has 20 heavy (non-hydrogen) atoms. The number of fused-ring (bicyclic) bond motifs is 1. The van der Waals surface area contributed by atoms with Gasteiger partial charge < -0.3 is 15.2 Å². The van der Waals surface area contributed by atoms with E-state index in [1.807, 2.05) is 0 Å². The average molecular weight is 310 g/mol. The molecule has 6 heteroatoms. The summed E-state index contributed by atoms with van der Waals surface area (Å²) in [6.07, 6.45) is 0.277. The summed E-state index contributed by atoms with van der Waals surface area (Å²) >= 11 is 12.1. The fourth-order valence-electron chi connectivity index (χ4n) is 1.95. The molecule has 102 valence electrons. The highest BCUT2D eigenvalue weighted by molar-refractivity contribution is 6.37. The third-order valence-corrected chi connectivity index (χ3v) is 3.40. The minimum atomic E-state index is -0.277. The fourth-order valence-corrected chi connectivity index (χ4v) is 2.53. The molecule has 1 aliphatic heterocycles. The molecule has 0 saturated heterocycles. The summed E-state index contributed by atoms with van der Waals surface area (Å²) in [4.78, 5) is 11.2. The molecule has 2 aromatic carbocycles. The van der Waals surface area contributed by atoms with Crippen LogP contribution in [0.2, 0.25) is 10.0 Å². The second-order valence-corrected chi connectivity index (χ2v) is 5.15. The molecule has 0 unspecified atom stereocenters. The number of hydrogen-bond acceptors (Lipinski definition) is 4. The number of hydrogen-bond donors (Lipinski definition) is 1. The number of ether oxygens (including phenoxy) is 2. The molecular formula is C14H9Cl2NO3. The Morgan fingerprint density at radius 1 is 1.15 bits per heavy atom. The van der Waals surface area contributed by atoms with Crippen molar-refractivity contribution in [3.63, 3.8) is 0 Å². The van der Waals surface area contributed by atoms with Gasteiger partial charge in [-0.15, -0.1) is 0 Å². The molecule has 0 atom stereocenters. The van der Waals surface area contributed by atoms with Crippen molar-refractivity contribution in [1.82, 2.24) is 0 Å². The van der Waals surface area contributed by atoms with Gasteiger partial charge in [0.25, 0.3) is 0 Å². The zero-order valence-corrected chi connectivity index (χ0v) is 11.7. The van der Waals surface area contributed by atoms with Crippen LogP contribution < -0.4 is 15.2 Å². The molecule has 1 aliphatic rings. The van der Waals surface area contributed by atoms with Crippen molar-refractivity contribution in [3.8, 4) is 17.2 Å². The van der Waals surface area contributed by atoms with Gasteiger partial charge in [-0.3, -0.25) is 4.79 Å². The van der Waals surface area contributed by atoms with Gasteiger partial charge >= 0.3 is 5.97 Å². The summed E-state index contributed by atoms with van der Waals surface area (Å²) in [5.41, 5.74) is 6.91. The Balaban J connectivity index is 1.93. The van der Waals surface area contributed by atoms with Gasteiger partial charge in [0.2, 0.25) is 0 Å². The topological polar surface area (TPSA) is 61.6 Å². The molecule has 4 nitrogen and oxygen atoms in total. The van der Waals surface area contributed by atoms with Crippen LogP contribution in [-0.4, -0.2) is 5.97 Å². The van der Waals surface area contributed by atoms with E-state index in [-0.39, 0.29) is 12.4 Å². The summed E-state index contributed by atoms with van der Waals surface area (Å²) < 4.78 is 10.7. The molecule has 0 saturated carbocycles. The highest BCUT2D eigenvalue weighted by Gasteiger charge is 2.21. The van der Waals surface area contributed by atoms with E-state index in [1.165, 1.54) is 0 Å². The minimum absolute atomic E-state index is 0.277. The van der Waals surface area contributed by atoms with Crippen LogP contribution in [0.25, 0.3) is 0 Å². The van der Waals surface area contributed by atoms with Crippen molar-refractivity contribution >= 4 is 34.9 Å². The monoisotopic (exact) mass is 309 g/mol. The molecule has 1 heterocycles. The Bertz CT molecular complexity index is 693. The molecule has 0 bridgehead atoms. The largest absolute Gasteiger partial charge is 0.454 e. The number of carbonyl (C=O) groups is 1. The van der Waals surface area contributed by atoms with Crippen LogP contribution in [0, 0.1) is 0 Å². The van der Waals surface area contributed by atoms with Crippen molar-refractivity contribution < 1.29 is 14.3 Å². The first-order valence-corrected chi connectivity index (χ1v) is 6.54. The first-order valence-electron chi connectivity index (χ1n) is 5.79. The molecule has 0 radical (unpaired) electrons. The van der Waals surface area contributed by atoms with Crippen LogP contribution in [0.5, 0.6) is 17.2 Å². The Hall–Kier alpha value is -1.91. The number of benzene rings is 2. The van der Waals surface area contributed by atoms with Crippen LogP contribution in [0.3, 0.4) is 0 Å². The van der Waals surface area contributed by atoms with E-state index in [2.05, 4.69) is 0 Å². The lowest BCUT2D eigenvalue weighted by molar-refractivity contribution is -0.131. The molecule has 0 aliphatic carbocycles. The zero-order chi connectivity index (χ0) is 14.3. The van der Waals surface area contributed by atoms with Gasteiger partial charge in [0.15, 0.2) is 5.75 Å². The van der Waals surface area contributed by atoms with Gasteiger partial charge in [-0.05, 0) is 18.2 Å². The van der Waals surface area contributed by atoms with Gasteiger partial charge in [-0.1, -0.05) is 29.3 Å². The van der Waals surface area contributed by atoms with Crippen LogP contribution in [-0.2, 0) is 11.2 Å². The lowest BCUT2D eigenvalue weighted by Gasteiger charge is -2.11. The second-order valence-electron chi connectivity index (χ2n) is 4.34. The first-order chi connectivity index (χ1) is 9.52. The molecule has 0 spiro atoms. The van der Waals surface area contributed by atoms with Crippen molar-refractivity contribution in [2.75, 3.05) is 5.73 Å².